The van der Waals surface area contributed by atoms with E-state index in [9.17, 15) is 9.59 Å². The number of nitrogens with zero attached hydrogens (tertiary/aromatic N) is 1. The highest BCUT2D eigenvalue weighted by molar-refractivity contribution is 5.92. The molecule has 0 bridgehead atoms. The first-order valence-corrected chi connectivity index (χ1v) is 11.7. The number of methoxy groups -OCH3 is 1. The minimum atomic E-state index is -0.667. The van der Waals surface area contributed by atoms with Crippen molar-refractivity contribution in [3.05, 3.63) is 65.2 Å². The molecule has 0 spiro atoms. The van der Waals surface area contributed by atoms with Gasteiger partial charge in [0.2, 0.25) is 11.8 Å². The van der Waals surface area contributed by atoms with Gasteiger partial charge in [0, 0.05) is 32.4 Å². The highest BCUT2D eigenvalue weighted by Crippen LogP contribution is 2.36. The van der Waals surface area contributed by atoms with Gasteiger partial charge in [-0.2, -0.15) is 0 Å². The zero-order valence-corrected chi connectivity index (χ0v) is 18.9. The first kappa shape index (κ1) is 21.9. The predicted molar refractivity (Wildman–Crippen MR) is 122 cm³/mol. The van der Waals surface area contributed by atoms with Crippen LogP contribution in [-0.4, -0.2) is 56.2 Å². The molecule has 3 heterocycles. The van der Waals surface area contributed by atoms with Gasteiger partial charge in [-0.15, -0.1) is 0 Å². The summed E-state index contributed by atoms with van der Waals surface area (Å²) in [5.41, 5.74) is 2.72. The lowest BCUT2D eigenvalue weighted by molar-refractivity contribution is -0.143. The van der Waals surface area contributed by atoms with Crippen molar-refractivity contribution in [2.24, 2.45) is 5.92 Å². The Labute approximate surface area is 194 Å². The van der Waals surface area contributed by atoms with Crippen LogP contribution in [-0.2, 0) is 25.5 Å². The predicted octanol–water partition coefficient (Wildman–Crippen LogP) is 2.80. The Hall–Kier alpha value is -2.90. The molecule has 0 saturated carbocycles. The van der Waals surface area contributed by atoms with Crippen LogP contribution in [0.2, 0.25) is 0 Å². The van der Waals surface area contributed by atoms with Gasteiger partial charge in [-0.1, -0.05) is 42.5 Å². The number of fused-ring (bicyclic) bond motifs is 2. The molecule has 0 aromatic heterocycles. The second-order valence-electron chi connectivity index (χ2n) is 9.00. The van der Waals surface area contributed by atoms with Crippen LogP contribution in [0.4, 0.5) is 0 Å². The second-order valence-corrected chi connectivity index (χ2v) is 9.00. The van der Waals surface area contributed by atoms with Crippen LogP contribution in [0.5, 0.6) is 5.75 Å². The van der Waals surface area contributed by atoms with E-state index < -0.39 is 6.04 Å². The van der Waals surface area contributed by atoms with Crippen molar-refractivity contribution in [1.82, 2.24) is 10.2 Å². The van der Waals surface area contributed by atoms with E-state index in [0.29, 0.717) is 38.7 Å². The summed E-state index contributed by atoms with van der Waals surface area (Å²) in [6, 6.07) is 14.4. The largest absolute Gasteiger partial charge is 0.491 e. The Bertz CT molecular complexity index is 1020. The standard InChI is InChI=1S/C26H30N2O5/c1-31-25-20-8-4-5-9-22(20)33-16-21(25)27-26(30)24-19-7-3-2-6-18(19)14-23(29)28(24)15-17-10-12-32-13-11-17/h2-9,17,21,24-25H,10-16H2,1H3,(H,27,30)/t21-,24?,25-/m0/s1. The molecule has 174 valence electrons. The first-order chi connectivity index (χ1) is 16.2. The molecular weight excluding hydrogens is 420 g/mol. The molecule has 1 unspecified atom stereocenters. The highest BCUT2D eigenvalue weighted by Gasteiger charge is 2.41. The van der Waals surface area contributed by atoms with Gasteiger partial charge >= 0.3 is 0 Å². The number of hydrogen-bond acceptors (Lipinski definition) is 5. The average molecular weight is 451 g/mol. The smallest absolute Gasteiger partial charge is 0.247 e. The molecule has 33 heavy (non-hydrogen) atoms. The summed E-state index contributed by atoms with van der Waals surface area (Å²) in [4.78, 5) is 28.7. The van der Waals surface area contributed by atoms with Crippen molar-refractivity contribution in [3.8, 4) is 5.75 Å². The van der Waals surface area contributed by atoms with Gasteiger partial charge in [-0.3, -0.25) is 9.59 Å². The maximum atomic E-state index is 13.8. The van der Waals surface area contributed by atoms with Crippen LogP contribution in [0, 0.1) is 5.92 Å². The van der Waals surface area contributed by atoms with E-state index in [2.05, 4.69) is 5.32 Å². The zero-order chi connectivity index (χ0) is 22.8. The van der Waals surface area contributed by atoms with Gasteiger partial charge in [0.15, 0.2) is 0 Å². The molecule has 1 N–H and O–H groups in total. The molecule has 2 aromatic carbocycles. The summed E-state index contributed by atoms with van der Waals surface area (Å²) >= 11 is 0. The van der Waals surface area contributed by atoms with Crippen LogP contribution in [0.25, 0.3) is 0 Å². The van der Waals surface area contributed by atoms with E-state index in [1.807, 2.05) is 48.5 Å². The minimum absolute atomic E-state index is 0.00567. The van der Waals surface area contributed by atoms with Gasteiger partial charge < -0.3 is 24.4 Å². The number of para-hydroxylation sites is 1. The van der Waals surface area contributed by atoms with E-state index in [1.54, 1.807) is 12.0 Å². The van der Waals surface area contributed by atoms with Crippen molar-refractivity contribution in [2.75, 3.05) is 33.5 Å². The maximum Gasteiger partial charge on any atom is 0.247 e. The Morgan fingerprint density at radius 3 is 2.61 bits per heavy atom. The molecule has 7 nitrogen and oxygen atoms in total. The molecule has 1 fully saturated rings. The highest BCUT2D eigenvalue weighted by atomic mass is 16.5. The van der Waals surface area contributed by atoms with E-state index >= 15 is 0 Å². The topological polar surface area (TPSA) is 77.1 Å². The fraction of sp³-hybridized carbons (Fsp3) is 0.462. The van der Waals surface area contributed by atoms with E-state index in [4.69, 9.17) is 14.2 Å². The van der Waals surface area contributed by atoms with Crippen LogP contribution in [0.1, 0.15) is 41.7 Å². The van der Waals surface area contributed by atoms with Gasteiger partial charge in [-0.05, 0) is 36.0 Å². The third-order valence-corrected chi connectivity index (χ3v) is 6.96. The molecule has 3 aliphatic heterocycles. The number of nitrogens with one attached hydrogen (secondary N) is 1. The summed E-state index contributed by atoms with van der Waals surface area (Å²) < 4.78 is 17.2. The summed E-state index contributed by atoms with van der Waals surface area (Å²) in [6.07, 6.45) is 1.80. The Kier molecular flexibility index (Phi) is 6.33. The Morgan fingerprint density at radius 1 is 1.09 bits per heavy atom. The fourth-order valence-electron chi connectivity index (χ4n) is 5.24. The quantitative estimate of drug-likeness (QED) is 0.758. The maximum absolute atomic E-state index is 13.8. The van der Waals surface area contributed by atoms with Crippen LogP contribution in [0.3, 0.4) is 0 Å². The molecule has 3 atom stereocenters. The van der Waals surface area contributed by atoms with Gasteiger partial charge in [-0.25, -0.2) is 0 Å². The van der Waals surface area contributed by atoms with E-state index in [0.717, 1.165) is 35.3 Å². The summed E-state index contributed by atoms with van der Waals surface area (Å²) in [6.45, 7) is 2.28. The molecule has 3 aliphatic rings. The van der Waals surface area contributed by atoms with Gasteiger partial charge in [0.1, 0.15) is 24.5 Å². The molecular formula is C26H30N2O5. The van der Waals surface area contributed by atoms with Crippen molar-refractivity contribution in [1.29, 1.82) is 0 Å². The fourth-order valence-corrected chi connectivity index (χ4v) is 5.24. The van der Waals surface area contributed by atoms with Crippen LogP contribution in [0.15, 0.2) is 48.5 Å². The first-order valence-electron chi connectivity index (χ1n) is 11.7. The number of amides is 2. The number of ether oxygens (including phenoxy) is 3. The molecule has 2 aromatic rings. The van der Waals surface area contributed by atoms with Crippen molar-refractivity contribution in [2.45, 2.75) is 37.5 Å². The number of carbonyl (C=O) groups excluding carboxylic acids is 2. The molecule has 5 rings (SSSR count). The summed E-state index contributed by atoms with van der Waals surface area (Å²) in [7, 11) is 1.64. The van der Waals surface area contributed by atoms with Gasteiger partial charge in [0.25, 0.3) is 0 Å². The third kappa shape index (κ3) is 4.35. The van der Waals surface area contributed by atoms with Crippen molar-refractivity contribution >= 4 is 11.8 Å². The number of benzene rings is 2. The Balaban J connectivity index is 1.41. The minimum Gasteiger partial charge on any atom is -0.491 e. The van der Waals surface area contributed by atoms with Crippen molar-refractivity contribution < 1.29 is 23.8 Å². The number of carbonyl (C=O) groups is 2. The van der Waals surface area contributed by atoms with Crippen molar-refractivity contribution in [3.63, 3.8) is 0 Å². The zero-order valence-electron chi connectivity index (χ0n) is 18.9. The molecule has 1 saturated heterocycles. The monoisotopic (exact) mass is 450 g/mol. The molecule has 0 aliphatic carbocycles. The molecule has 0 radical (unpaired) electrons. The molecule has 7 heteroatoms. The summed E-state index contributed by atoms with van der Waals surface area (Å²) in [5, 5.41) is 3.15. The Morgan fingerprint density at radius 2 is 1.82 bits per heavy atom. The van der Waals surface area contributed by atoms with Crippen LogP contribution < -0.4 is 10.1 Å². The average Bonchev–Trinajstić information content (AvgIpc) is 2.85. The van der Waals surface area contributed by atoms with E-state index in [1.165, 1.54) is 0 Å². The lowest BCUT2D eigenvalue weighted by atomic mass is 9.89. The van der Waals surface area contributed by atoms with E-state index in [-0.39, 0.29) is 24.0 Å². The second kappa shape index (κ2) is 9.53. The normalized spacial score (nSPS) is 25.1. The SMILES string of the molecule is CO[C@H]1c2ccccc2OC[C@@H]1NC(=O)C1c2ccccc2CC(=O)N1CC1CCOCC1. The lowest BCUT2D eigenvalue weighted by Gasteiger charge is -2.40. The lowest BCUT2D eigenvalue weighted by Crippen LogP contribution is -2.53. The number of rotatable bonds is 5. The van der Waals surface area contributed by atoms with Crippen LogP contribution >= 0.6 is 0 Å². The van der Waals surface area contributed by atoms with Gasteiger partial charge in [0.05, 0.1) is 12.5 Å². The third-order valence-electron chi connectivity index (χ3n) is 6.96. The summed E-state index contributed by atoms with van der Waals surface area (Å²) in [5.74, 6) is 0.903. The molecule has 2 amide bonds. The number of hydrogen-bond donors (Lipinski definition) is 1.